The highest BCUT2D eigenvalue weighted by Crippen LogP contribution is 2.59. The second kappa shape index (κ2) is 5.39. The number of pyridine rings is 1. The topological polar surface area (TPSA) is 24.9 Å². The zero-order valence-electron chi connectivity index (χ0n) is 13.4. The van der Waals surface area contributed by atoms with Gasteiger partial charge in [-0.3, -0.25) is 4.98 Å². The molecule has 1 unspecified atom stereocenters. The predicted octanol–water partition coefficient (Wildman–Crippen LogP) is 4.11. The maximum absolute atomic E-state index is 4.55. The van der Waals surface area contributed by atoms with Crippen molar-refractivity contribution < 1.29 is 0 Å². The summed E-state index contributed by atoms with van der Waals surface area (Å²) in [6.45, 7) is 5.38. The van der Waals surface area contributed by atoms with Crippen LogP contribution in [0.3, 0.4) is 0 Å². The summed E-state index contributed by atoms with van der Waals surface area (Å²) < 4.78 is 0. The van der Waals surface area contributed by atoms with Gasteiger partial charge in [0.15, 0.2) is 0 Å². The molecule has 21 heavy (non-hydrogen) atoms. The van der Waals surface area contributed by atoms with Crippen molar-refractivity contribution >= 4 is 0 Å². The maximum atomic E-state index is 4.55. The van der Waals surface area contributed by atoms with Crippen LogP contribution in [0.15, 0.2) is 18.3 Å². The van der Waals surface area contributed by atoms with Crippen molar-refractivity contribution in [1.82, 2.24) is 10.3 Å². The highest BCUT2D eigenvalue weighted by Gasteiger charge is 2.50. The summed E-state index contributed by atoms with van der Waals surface area (Å²) in [5.74, 6) is 4.89. The number of aromatic nitrogens is 1. The molecule has 0 spiro atoms. The normalized spacial score (nSPS) is 38.7. The first-order valence-corrected chi connectivity index (χ1v) is 8.90. The number of nitrogens with one attached hydrogen (secondary N) is 1. The van der Waals surface area contributed by atoms with Gasteiger partial charge in [-0.05, 0) is 86.8 Å². The molecule has 1 N–H and O–H groups in total. The van der Waals surface area contributed by atoms with E-state index in [-0.39, 0.29) is 0 Å². The Balaban J connectivity index is 1.63. The quantitative estimate of drug-likeness (QED) is 0.900. The summed E-state index contributed by atoms with van der Waals surface area (Å²) in [6, 6.07) is 5.01. The molecule has 5 rings (SSSR count). The van der Waals surface area contributed by atoms with Gasteiger partial charge in [-0.1, -0.05) is 13.0 Å². The molecule has 4 saturated carbocycles. The molecule has 2 heteroatoms. The number of aryl methyl sites for hydroxylation is 1. The SMILES string of the molecule is CCNC(c1ccc(C)nc1)C1C2CC3CC(C2)CC1C3. The first kappa shape index (κ1) is 13.8. The Kier molecular flexibility index (Phi) is 3.53. The summed E-state index contributed by atoms with van der Waals surface area (Å²) in [5.41, 5.74) is 2.54. The van der Waals surface area contributed by atoms with Gasteiger partial charge in [0.05, 0.1) is 0 Å². The Morgan fingerprint density at radius 2 is 1.76 bits per heavy atom. The summed E-state index contributed by atoms with van der Waals surface area (Å²) in [6.07, 6.45) is 9.65. The predicted molar refractivity (Wildman–Crippen MR) is 85.9 cm³/mol. The van der Waals surface area contributed by atoms with Crippen molar-refractivity contribution in [2.75, 3.05) is 6.54 Å². The van der Waals surface area contributed by atoms with Crippen LogP contribution in [0.4, 0.5) is 0 Å². The summed E-state index contributed by atoms with van der Waals surface area (Å²) >= 11 is 0. The molecule has 114 valence electrons. The number of hydrogen-bond donors (Lipinski definition) is 1. The average Bonchev–Trinajstić information content (AvgIpc) is 2.46. The molecule has 0 radical (unpaired) electrons. The molecule has 0 saturated heterocycles. The summed E-state index contributed by atoms with van der Waals surface area (Å²) in [7, 11) is 0. The van der Waals surface area contributed by atoms with Gasteiger partial charge in [0.1, 0.15) is 0 Å². The highest BCUT2D eigenvalue weighted by atomic mass is 14.9. The van der Waals surface area contributed by atoms with Crippen molar-refractivity contribution in [2.24, 2.45) is 29.6 Å². The lowest BCUT2D eigenvalue weighted by molar-refractivity contribution is -0.0523. The molecule has 1 heterocycles. The largest absolute Gasteiger partial charge is 0.310 e. The molecule has 2 nitrogen and oxygen atoms in total. The second-order valence-corrected chi connectivity index (χ2v) is 7.78. The van der Waals surface area contributed by atoms with E-state index in [2.05, 4.69) is 42.5 Å². The third-order valence-electron chi connectivity index (χ3n) is 6.40. The zero-order chi connectivity index (χ0) is 14.4. The standard InChI is InChI=1S/C19H28N2/c1-3-20-19(15-5-4-12(2)21-11-15)18-16-7-13-6-14(9-16)10-17(18)8-13/h4-5,11,13-14,16-20H,3,6-10H2,1-2H3. The molecule has 0 aliphatic heterocycles. The van der Waals surface area contributed by atoms with Gasteiger partial charge in [0.25, 0.3) is 0 Å². The fraction of sp³-hybridized carbons (Fsp3) is 0.737. The average molecular weight is 284 g/mol. The molecule has 1 atom stereocenters. The van der Waals surface area contributed by atoms with Crippen molar-refractivity contribution in [3.8, 4) is 0 Å². The third kappa shape index (κ3) is 2.42. The minimum Gasteiger partial charge on any atom is -0.310 e. The lowest BCUT2D eigenvalue weighted by Crippen LogP contribution is -2.49. The number of nitrogens with zero attached hydrogens (tertiary/aromatic N) is 1. The molecule has 0 amide bonds. The molecule has 0 aromatic carbocycles. The van der Waals surface area contributed by atoms with Crippen LogP contribution >= 0.6 is 0 Å². The molecule has 1 aromatic rings. The van der Waals surface area contributed by atoms with E-state index in [4.69, 9.17) is 0 Å². The van der Waals surface area contributed by atoms with E-state index >= 15 is 0 Å². The number of hydrogen-bond acceptors (Lipinski definition) is 2. The third-order valence-corrected chi connectivity index (χ3v) is 6.40. The molecule has 4 aliphatic carbocycles. The van der Waals surface area contributed by atoms with Gasteiger partial charge in [0.2, 0.25) is 0 Å². The summed E-state index contributed by atoms with van der Waals surface area (Å²) in [5, 5.41) is 3.81. The monoisotopic (exact) mass is 284 g/mol. The first-order valence-electron chi connectivity index (χ1n) is 8.90. The Hall–Kier alpha value is -0.890. The van der Waals surface area contributed by atoms with Crippen LogP contribution in [0.25, 0.3) is 0 Å². The fourth-order valence-corrected chi connectivity index (χ4v) is 5.87. The Labute approximate surface area is 128 Å². The molecular formula is C19H28N2. The Morgan fingerprint density at radius 3 is 2.29 bits per heavy atom. The molecule has 4 fully saturated rings. The Bertz CT molecular complexity index is 465. The molecule has 4 aliphatic rings. The van der Waals surface area contributed by atoms with Crippen molar-refractivity contribution in [2.45, 2.75) is 52.0 Å². The first-order chi connectivity index (χ1) is 10.2. The van der Waals surface area contributed by atoms with E-state index in [9.17, 15) is 0 Å². The van der Waals surface area contributed by atoms with Gasteiger partial charge in [-0.25, -0.2) is 0 Å². The van der Waals surface area contributed by atoms with Crippen molar-refractivity contribution in [3.63, 3.8) is 0 Å². The lowest BCUT2D eigenvalue weighted by atomic mass is 9.50. The number of rotatable bonds is 4. The lowest BCUT2D eigenvalue weighted by Gasteiger charge is -2.56. The van der Waals surface area contributed by atoms with Crippen LogP contribution in [0, 0.1) is 36.5 Å². The minimum absolute atomic E-state index is 0.526. The van der Waals surface area contributed by atoms with E-state index in [1.165, 1.54) is 37.7 Å². The van der Waals surface area contributed by atoms with Gasteiger partial charge < -0.3 is 5.32 Å². The van der Waals surface area contributed by atoms with Gasteiger partial charge >= 0.3 is 0 Å². The maximum Gasteiger partial charge on any atom is 0.0372 e. The fourth-order valence-electron chi connectivity index (χ4n) is 5.87. The summed E-state index contributed by atoms with van der Waals surface area (Å²) in [4.78, 5) is 4.55. The van der Waals surface area contributed by atoms with Crippen molar-refractivity contribution in [1.29, 1.82) is 0 Å². The van der Waals surface area contributed by atoms with Gasteiger partial charge in [-0.2, -0.15) is 0 Å². The van der Waals surface area contributed by atoms with E-state index < -0.39 is 0 Å². The van der Waals surface area contributed by atoms with Crippen molar-refractivity contribution in [3.05, 3.63) is 29.6 Å². The van der Waals surface area contributed by atoms with Crippen LogP contribution in [0.5, 0.6) is 0 Å². The van der Waals surface area contributed by atoms with Crippen LogP contribution in [0.2, 0.25) is 0 Å². The van der Waals surface area contributed by atoms with Crippen LogP contribution in [-0.2, 0) is 0 Å². The minimum atomic E-state index is 0.526. The van der Waals surface area contributed by atoms with E-state index in [1.807, 2.05) is 0 Å². The van der Waals surface area contributed by atoms with Crippen LogP contribution in [-0.4, -0.2) is 11.5 Å². The zero-order valence-corrected chi connectivity index (χ0v) is 13.4. The Morgan fingerprint density at radius 1 is 1.10 bits per heavy atom. The second-order valence-electron chi connectivity index (χ2n) is 7.78. The van der Waals surface area contributed by atoms with Crippen LogP contribution < -0.4 is 5.32 Å². The van der Waals surface area contributed by atoms with E-state index in [0.29, 0.717) is 6.04 Å². The smallest absolute Gasteiger partial charge is 0.0372 e. The molecule has 4 bridgehead atoms. The molecular weight excluding hydrogens is 256 g/mol. The van der Waals surface area contributed by atoms with Gasteiger partial charge in [0, 0.05) is 17.9 Å². The van der Waals surface area contributed by atoms with Gasteiger partial charge in [-0.15, -0.1) is 0 Å². The molecule has 1 aromatic heterocycles. The van der Waals surface area contributed by atoms with E-state index in [1.54, 1.807) is 0 Å². The highest BCUT2D eigenvalue weighted by molar-refractivity contribution is 5.20. The van der Waals surface area contributed by atoms with E-state index in [0.717, 1.165) is 41.8 Å². The van der Waals surface area contributed by atoms with Crippen LogP contribution in [0.1, 0.15) is 56.3 Å².